The van der Waals surface area contributed by atoms with Crippen molar-refractivity contribution in [3.63, 3.8) is 0 Å². The standard InChI is InChI=1S/C24H50O4S.Na/c1-3-5-7-9-11-13-14-16-18-20-22-24(23-28-29(25,26)27)21-19-17-15-12-10-8-6-4-2;/h24H,3-23H2,1-2H3,(H,25,26,27);. The van der Waals surface area contributed by atoms with Gasteiger partial charge in [0.05, 0.1) is 6.61 Å². The molecule has 0 heterocycles. The van der Waals surface area contributed by atoms with Crippen molar-refractivity contribution in [2.45, 2.75) is 142 Å². The first-order valence-corrected chi connectivity index (χ1v) is 14.0. The molecule has 0 aliphatic carbocycles. The van der Waals surface area contributed by atoms with Gasteiger partial charge >= 0.3 is 10.4 Å². The van der Waals surface area contributed by atoms with E-state index in [1.807, 2.05) is 0 Å². The molecule has 4 nitrogen and oxygen atoms in total. The molecule has 0 saturated heterocycles. The van der Waals surface area contributed by atoms with Gasteiger partial charge in [-0.25, -0.2) is 4.18 Å². The van der Waals surface area contributed by atoms with Crippen molar-refractivity contribution in [3.05, 3.63) is 0 Å². The molecule has 0 aliphatic heterocycles. The van der Waals surface area contributed by atoms with Crippen molar-refractivity contribution >= 4 is 40.0 Å². The maximum absolute atomic E-state index is 10.9. The summed E-state index contributed by atoms with van der Waals surface area (Å²) in [6.07, 6.45) is 25.3. The van der Waals surface area contributed by atoms with Crippen molar-refractivity contribution in [1.29, 1.82) is 0 Å². The minimum atomic E-state index is -4.32. The molecule has 6 heteroatoms. The van der Waals surface area contributed by atoms with E-state index in [1.54, 1.807) is 0 Å². The van der Waals surface area contributed by atoms with Gasteiger partial charge in [-0.05, 0) is 18.8 Å². The van der Waals surface area contributed by atoms with E-state index in [2.05, 4.69) is 18.0 Å². The number of rotatable bonds is 23. The Hall–Kier alpha value is 0.870. The average Bonchev–Trinajstić information content (AvgIpc) is 2.68. The van der Waals surface area contributed by atoms with Gasteiger partial charge in [-0.1, -0.05) is 129 Å². The second-order valence-electron chi connectivity index (χ2n) is 8.81. The van der Waals surface area contributed by atoms with Crippen LogP contribution >= 0.6 is 0 Å². The van der Waals surface area contributed by atoms with Crippen molar-refractivity contribution in [1.82, 2.24) is 0 Å². The zero-order valence-corrected chi connectivity index (χ0v) is 23.3. The second kappa shape index (κ2) is 24.5. The van der Waals surface area contributed by atoms with Gasteiger partial charge in [0.25, 0.3) is 0 Å². The van der Waals surface area contributed by atoms with Crippen LogP contribution in [0.5, 0.6) is 0 Å². The van der Waals surface area contributed by atoms with Crippen LogP contribution < -0.4 is 0 Å². The zero-order chi connectivity index (χ0) is 21.6. The van der Waals surface area contributed by atoms with Crippen LogP contribution in [0.2, 0.25) is 0 Å². The number of hydrogen-bond acceptors (Lipinski definition) is 3. The smallest absolute Gasteiger partial charge is 0.264 e. The molecule has 0 rings (SSSR count). The fourth-order valence-corrected chi connectivity index (χ4v) is 4.34. The molecule has 177 valence electrons. The van der Waals surface area contributed by atoms with Crippen molar-refractivity contribution < 1.29 is 17.2 Å². The summed E-state index contributed by atoms with van der Waals surface area (Å²) in [4.78, 5) is 0. The predicted octanol–water partition coefficient (Wildman–Crippen LogP) is 7.88. The molecular weight excluding hydrogens is 407 g/mol. The van der Waals surface area contributed by atoms with Crippen LogP contribution in [0.4, 0.5) is 0 Å². The van der Waals surface area contributed by atoms with E-state index >= 15 is 0 Å². The van der Waals surface area contributed by atoms with E-state index in [9.17, 15) is 8.42 Å². The Labute approximate surface area is 210 Å². The summed E-state index contributed by atoms with van der Waals surface area (Å²) in [7, 11) is -4.32. The molecule has 1 N–H and O–H groups in total. The maximum Gasteiger partial charge on any atom is 0.397 e. The van der Waals surface area contributed by atoms with Gasteiger partial charge in [-0.3, -0.25) is 4.55 Å². The van der Waals surface area contributed by atoms with Gasteiger partial charge < -0.3 is 0 Å². The largest absolute Gasteiger partial charge is 0.397 e. The molecule has 0 aromatic rings. The van der Waals surface area contributed by atoms with E-state index in [-0.39, 0.29) is 42.1 Å². The molecule has 0 aliphatic rings. The van der Waals surface area contributed by atoms with Crippen LogP contribution in [-0.4, -0.2) is 49.1 Å². The van der Waals surface area contributed by atoms with Gasteiger partial charge in [0, 0.05) is 29.6 Å². The zero-order valence-electron chi connectivity index (χ0n) is 20.5. The third-order valence-electron chi connectivity index (χ3n) is 5.88. The summed E-state index contributed by atoms with van der Waals surface area (Å²) in [5.41, 5.74) is 0. The SMILES string of the molecule is CCCCCCCCCCCCC(CCCCCCCCCC)COS(=O)(=O)O.[Na]. The van der Waals surface area contributed by atoms with E-state index < -0.39 is 10.4 Å². The van der Waals surface area contributed by atoms with Gasteiger partial charge in [-0.15, -0.1) is 0 Å². The van der Waals surface area contributed by atoms with Gasteiger partial charge in [0.1, 0.15) is 0 Å². The quantitative estimate of drug-likeness (QED) is 0.0962. The monoisotopic (exact) mass is 457 g/mol. The fraction of sp³-hybridized carbons (Fsp3) is 1.00. The Morgan fingerprint density at radius 1 is 0.600 bits per heavy atom. The third kappa shape index (κ3) is 26.9. The van der Waals surface area contributed by atoms with Crippen LogP contribution in [-0.2, 0) is 14.6 Å². The first-order valence-electron chi connectivity index (χ1n) is 12.6. The first kappa shape index (κ1) is 33.0. The Bertz CT molecular complexity index is 429. The fourth-order valence-electron chi connectivity index (χ4n) is 3.98. The van der Waals surface area contributed by atoms with Crippen LogP contribution in [0.1, 0.15) is 142 Å². The average molecular weight is 458 g/mol. The summed E-state index contributed by atoms with van der Waals surface area (Å²) >= 11 is 0. The normalized spacial score (nSPS) is 12.6. The molecule has 0 saturated carbocycles. The van der Waals surface area contributed by atoms with E-state index in [1.165, 1.54) is 103 Å². The summed E-state index contributed by atoms with van der Waals surface area (Å²) in [5, 5.41) is 0. The van der Waals surface area contributed by atoms with Crippen molar-refractivity contribution in [2.24, 2.45) is 5.92 Å². The summed E-state index contributed by atoms with van der Waals surface area (Å²) < 4.78 is 35.4. The second-order valence-corrected chi connectivity index (χ2v) is 9.90. The van der Waals surface area contributed by atoms with E-state index in [0.29, 0.717) is 0 Å². The molecule has 1 radical (unpaired) electrons. The molecule has 1 atom stereocenters. The first-order chi connectivity index (χ1) is 14.0. The number of unbranched alkanes of at least 4 members (excludes halogenated alkanes) is 16. The summed E-state index contributed by atoms with van der Waals surface area (Å²) in [5.74, 6) is 0.242. The third-order valence-corrected chi connectivity index (χ3v) is 6.32. The number of hydrogen-bond donors (Lipinski definition) is 1. The van der Waals surface area contributed by atoms with Crippen molar-refractivity contribution in [2.75, 3.05) is 6.61 Å². The van der Waals surface area contributed by atoms with Crippen LogP contribution in [0, 0.1) is 5.92 Å². The predicted molar refractivity (Wildman–Crippen MR) is 130 cm³/mol. The minimum Gasteiger partial charge on any atom is -0.264 e. The molecule has 1 unspecified atom stereocenters. The topological polar surface area (TPSA) is 63.6 Å². The summed E-state index contributed by atoms with van der Waals surface area (Å²) in [6.45, 7) is 4.62. The molecule has 0 bridgehead atoms. The molecule has 0 spiro atoms. The molecular formula is C24H50NaO4S. The van der Waals surface area contributed by atoms with E-state index in [4.69, 9.17) is 4.55 Å². The minimum absolute atomic E-state index is 0. The van der Waals surface area contributed by atoms with Crippen LogP contribution in [0.3, 0.4) is 0 Å². The Kier molecular flexibility index (Phi) is 27.0. The Morgan fingerprint density at radius 2 is 0.900 bits per heavy atom. The molecule has 0 fully saturated rings. The van der Waals surface area contributed by atoms with Gasteiger partial charge in [0.2, 0.25) is 0 Å². The molecule has 0 aromatic heterocycles. The molecule has 30 heavy (non-hydrogen) atoms. The van der Waals surface area contributed by atoms with Crippen LogP contribution in [0.25, 0.3) is 0 Å². The summed E-state index contributed by atoms with van der Waals surface area (Å²) in [6, 6.07) is 0. The molecule has 0 aromatic carbocycles. The van der Waals surface area contributed by atoms with E-state index in [0.717, 1.165) is 25.7 Å². The van der Waals surface area contributed by atoms with Crippen LogP contribution in [0.15, 0.2) is 0 Å². The van der Waals surface area contributed by atoms with Gasteiger partial charge in [0.15, 0.2) is 0 Å². The molecule has 0 amide bonds. The maximum atomic E-state index is 10.9. The van der Waals surface area contributed by atoms with Crippen molar-refractivity contribution in [3.8, 4) is 0 Å². The van der Waals surface area contributed by atoms with Gasteiger partial charge in [-0.2, -0.15) is 8.42 Å². The Balaban J connectivity index is 0. The Morgan fingerprint density at radius 3 is 1.20 bits per heavy atom.